The number of halogens is 1. The average Bonchev–Trinajstić information content (AvgIpc) is 2.87. The topological polar surface area (TPSA) is 33.2 Å². The van der Waals surface area contributed by atoms with E-state index in [1.165, 1.54) is 0 Å². The molecule has 1 amide bonds. The molecule has 0 bridgehead atoms. The van der Waals surface area contributed by atoms with Gasteiger partial charge in [-0.05, 0) is 35.6 Å². The molecule has 0 spiro atoms. The zero-order valence-electron chi connectivity index (χ0n) is 9.44. The van der Waals surface area contributed by atoms with Gasteiger partial charge in [-0.1, -0.05) is 0 Å². The van der Waals surface area contributed by atoms with Gasteiger partial charge >= 0.3 is 0 Å². The van der Waals surface area contributed by atoms with E-state index in [-0.39, 0.29) is 5.91 Å². The standard InChI is InChI=1S/C11H11IN2OS2/c1-7-13-9(6-16-7)4-14(2)11(15)8-3-10(12)17-5-8/h3,5-6H,4H2,1-2H3. The molecule has 0 atom stereocenters. The summed E-state index contributed by atoms with van der Waals surface area (Å²) in [6.07, 6.45) is 0. The van der Waals surface area contributed by atoms with Crippen molar-refractivity contribution in [1.82, 2.24) is 9.88 Å². The zero-order chi connectivity index (χ0) is 12.4. The van der Waals surface area contributed by atoms with Crippen molar-refractivity contribution in [3.05, 3.63) is 36.0 Å². The molecule has 0 aliphatic rings. The van der Waals surface area contributed by atoms with Crippen LogP contribution >= 0.6 is 45.3 Å². The molecule has 0 saturated heterocycles. The molecule has 0 saturated carbocycles. The number of amides is 1. The molecule has 90 valence electrons. The van der Waals surface area contributed by atoms with Crippen molar-refractivity contribution >= 4 is 51.2 Å². The lowest BCUT2D eigenvalue weighted by atomic mass is 10.3. The number of hydrogen-bond donors (Lipinski definition) is 0. The van der Waals surface area contributed by atoms with E-state index >= 15 is 0 Å². The van der Waals surface area contributed by atoms with Crippen LogP contribution in [0.1, 0.15) is 21.1 Å². The first-order valence-electron chi connectivity index (χ1n) is 4.97. The van der Waals surface area contributed by atoms with Gasteiger partial charge in [-0.2, -0.15) is 0 Å². The maximum absolute atomic E-state index is 12.1. The molecule has 0 aromatic carbocycles. The van der Waals surface area contributed by atoms with Gasteiger partial charge in [0.1, 0.15) is 0 Å². The summed E-state index contributed by atoms with van der Waals surface area (Å²) in [6.45, 7) is 2.53. The fraction of sp³-hybridized carbons (Fsp3) is 0.273. The first-order valence-corrected chi connectivity index (χ1v) is 7.80. The monoisotopic (exact) mass is 378 g/mol. The molecule has 0 N–H and O–H groups in total. The molecule has 6 heteroatoms. The van der Waals surface area contributed by atoms with Crippen LogP contribution in [-0.4, -0.2) is 22.8 Å². The number of carbonyl (C=O) groups excluding carboxylic acids is 1. The van der Waals surface area contributed by atoms with E-state index in [9.17, 15) is 4.79 Å². The molecular weight excluding hydrogens is 367 g/mol. The Morgan fingerprint density at radius 1 is 1.47 bits per heavy atom. The van der Waals surface area contributed by atoms with E-state index in [0.717, 1.165) is 19.1 Å². The Morgan fingerprint density at radius 2 is 2.24 bits per heavy atom. The number of aromatic nitrogens is 1. The third-order valence-corrected chi connectivity index (χ3v) is 4.84. The van der Waals surface area contributed by atoms with Crippen LogP contribution in [0.25, 0.3) is 0 Å². The first-order chi connectivity index (χ1) is 8.06. The maximum atomic E-state index is 12.1. The average molecular weight is 378 g/mol. The Bertz CT molecular complexity index is 535. The molecule has 17 heavy (non-hydrogen) atoms. The Hall–Kier alpha value is -0.470. The Balaban J connectivity index is 2.05. The van der Waals surface area contributed by atoms with Crippen molar-refractivity contribution in [1.29, 1.82) is 0 Å². The van der Waals surface area contributed by atoms with Gasteiger partial charge in [0.15, 0.2) is 0 Å². The summed E-state index contributed by atoms with van der Waals surface area (Å²) in [5, 5.41) is 4.93. The number of hydrogen-bond acceptors (Lipinski definition) is 4. The van der Waals surface area contributed by atoms with Crippen molar-refractivity contribution in [3.63, 3.8) is 0 Å². The lowest BCUT2D eigenvalue weighted by molar-refractivity contribution is 0.0784. The number of nitrogens with zero attached hydrogens (tertiary/aromatic N) is 2. The van der Waals surface area contributed by atoms with E-state index < -0.39 is 0 Å². The van der Waals surface area contributed by atoms with E-state index in [2.05, 4.69) is 27.6 Å². The van der Waals surface area contributed by atoms with Gasteiger partial charge in [0.05, 0.1) is 25.7 Å². The van der Waals surface area contributed by atoms with Gasteiger partial charge < -0.3 is 4.90 Å². The van der Waals surface area contributed by atoms with Crippen LogP contribution in [0.15, 0.2) is 16.8 Å². The molecule has 2 aromatic rings. The number of aryl methyl sites for hydroxylation is 1. The molecule has 0 aliphatic carbocycles. The molecule has 2 rings (SSSR count). The molecule has 0 aliphatic heterocycles. The third-order valence-electron chi connectivity index (χ3n) is 2.23. The van der Waals surface area contributed by atoms with Gasteiger partial charge in [0, 0.05) is 17.8 Å². The highest BCUT2D eigenvalue weighted by atomic mass is 127. The molecule has 0 unspecified atom stereocenters. The van der Waals surface area contributed by atoms with Gasteiger partial charge in [-0.25, -0.2) is 4.98 Å². The van der Waals surface area contributed by atoms with Gasteiger partial charge in [-0.15, -0.1) is 22.7 Å². The quantitative estimate of drug-likeness (QED) is 0.768. The minimum Gasteiger partial charge on any atom is -0.336 e. The summed E-state index contributed by atoms with van der Waals surface area (Å²) in [4.78, 5) is 18.1. The third kappa shape index (κ3) is 3.26. The minimum atomic E-state index is 0.0508. The number of carbonyl (C=O) groups is 1. The van der Waals surface area contributed by atoms with E-state index in [1.54, 1.807) is 27.6 Å². The van der Waals surface area contributed by atoms with Crippen LogP contribution < -0.4 is 0 Å². The second kappa shape index (κ2) is 5.45. The largest absolute Gasteiger partial charge is 0.336 e. The summed E-state index contributed by atoms with van der Waals surface area (Å²) in [7, 11) is 1.81. The van der Waals surface area contributed by atoms with Crippen molar-refractivity contribution in [2.45, 2.75) is 13.5 Å². The minimum absolute atomic E-state index is 0.0508. The van der Waals surface area contributed by atoms with E-state index in [1.807, 2.05) is 30.8 Å². The van der Waals surface area contributed by atoms with Crippen LogP contribution in [0.5, 0.6) is 0 Å². The number of thiophene rings is 1. The predicted molar refractivity (Wildman–Crippen MR) is 79.7 cm³/mol. The summed E-state index contributed by atoms with van der Waals surface area (Å²) < 4.78 is 1.13. The highest BCUT2D eigenvalue weighted by Crippen LogP contribution is 2.18. The van der Waals surface area contributed by atoms with Crippen LogP contribution in [0, 0.1) is 9.81 Å². The summed E-state index contributed by atoms with van der Waals surface area (Å²) in [6, 6.07) is 1.91. The lowest BCUT2D eigenvalue weighted by Crippen LogP contribution is -2.25. The van der Waals surface area contributed by atoms with Gasteiger partial charge in [0.25, 0.3) is 5.91 Å². The second-order valence-electron chi connectivity index (χ2n) is 3.66. The fourth-order valence-corrected chi connectivity index (χ4v) is 3.36. The fourth-order valence-electron chi connectivity index (χ4n) is 1.44. The van der Waals surface area contributed by atoms with Gasteiger partial charge in [0.2, 0.25) is 0 Å². The molecule has 3 nitrogen and oxygen atoms in total. The summed E-state index contributed by atoms with van der Waals surface area (Å²) in [5.41, 5.74) is 1.71. The second-order valence-corrected chi connectivity index (χ2v) is 7.53. The first kappa shape index (κ1) is 13.0. The predicted octanol–water partition coefficient (Wildman–Crippen LogP) is 3.39. The van der Waals surface area contributed by atoms with E-state index in [4.69, 9.17) is 0 Å². The summed E-state index contributed by atoms with van der Waals surface area (Å²) in [5.74, 6) is 0.0508. The Kier molecular flexibility index (Phi) is 4.16. The van der Waals surface area contributed by atoms with Gasteiger partial charge in [-0.3, -0.25) is 4.79 Å². The van der Waals surface area contributed by atoms with Crippen molar-refractivity contribution in [2.24, 2.45) is 0 Å². The Labute approximate surface area is 122 Å². The molecule has 2 aromatic heterocycles. The van der Waals surface area contributed by atoms with Crippen LogP contribution in [0.2, 0.25) is 0 Å². The van der Waals surface area contributed by atoms with Crippen LogP contribution in [0.3, 0.4) is 0 Å². The van der Waals surface area contributed by atoms with Crippen LogP contribution in [-0.2, 0) is 6.54 Å². The molecule has 0 fully saturated rings. The normalized spacial score (nSPS) is 10.5. The maximum Gasteiger partial charge on any atom is 0.254 e. The number of rotatable bonds is 3. The van der Waals surface area contributed by atoms with Crippen molar-refractivity contribution < 1.29 is 4.79 Å². The van der Waals surface area contributed by atoms with E-state index in [0.29, 0.717) is 6.54 Å². The smallest absolute Gasteiger partial charge is 0.254 e. The number of thiazole rings is 1. The van der Waals surface area contributed by atoms with Crippen molar-refractivity contribution in [3.8, 4) is 0 Å². The molecule has 0 radical (unpaired) electrons. The Morgan fingerprint density at radius 3 is 2.76 bits per heavy atom. The zero-order valence-corrected chi connectivity index (χ0v) is 13.2. The van der Waals surface area contributed by atoms with Crippen LogP contribution in [0.4, 0.5) is 0 Å². The highest BCUT2D eigenvalue weighted by molar-refractivity contribution is 14.1. The SMILES string of the molecule is Cc1nc(CN(C)C(=O)c2csc(I)c2)cs1. The molecule has 2 heterocycles. The van der Waals surface area contributed by atoms with Crippen molar-refractivity contribution in [2.75, 3.05) is 7.05 Å². The molecular formula is C11H11IN2OS2. The lowest BCUT2D eigenvalue weighted by Gasteiger charge is -2.14. The summed E-state index contributed by atoms with van der Waals surface area (Å²) >= 11 is 5.42. The highest BCUT2D eigenvalue weighted by Gasteiger charge is 2.14.